The van der Waals surface area contributed by atoms with Crippen molar-refractivity contribution in [2.75, 3.05) is 38.3 Å². The second-order valence-electron chi connectivity index (χ2n) is 7.64. The number of ether oxygens (including phenoxy) is 1. The summed E-state index contributed by atoms with van der Waals surface area (Å²) in [5.74, 6) is 0.923. The van der Waals surface area contributed by atoms with Crippen LogP contribution in [0.1, 0.15) is 12.5 Å². The van der Waals surface area contributed by atoms with E-state index in [-0.39, 0.29) is 0 Å². The second-order valence-corrected chi connectivity index (χ2v) is 8.00. The summed E-state index contributed by atoms with van der Waals surface area (Å²) < 4.78 is 10.2. The molecular formula is C23H29N5OS. The Morgan fingerprint density at radius 1 is 1.03 bits per heavy atom. The zero-order valence-corrected chi connectivity index (χ0v) is 18.5. The number of nitrogens with zero attached hydrogens (tertiary/aromatic N) is 5. The van der Waals surface area contributed by atoms with Crippen LogP contribution in [-0.4, -0.2) is 52.6 Å². The maximum atomic E-state index is 5.71. The highest BCUT2D eigenvalue weighted by molar-refractivity contribution is 7.71. The molecule has 30 heavy (non-hydrogen) atoms. The van der Waals surface area contributed by atoms with Crippen LogP contribution in [0.5, 0.6) is 0 Å². The van der Waals surface area contributed by atoms with Crippen LogP contribution in [0, 0.1) is 4.77 Å². The summed E-state index contributed by atoms with van der Waals surface area (Å²) in [5.41, 5.74) is 3.63. The first-order chi connectivity index (χ1) is 14.7. The van der Waals surface area contributed by atoms with Crippen LogP contribution in [0.3, 0.4) is 0 Å². The molecule has 1 aromatic heterocycles. The van der Waals surface area contributed by atoms with E-state index in [9.17, 15) is 0 Å². The van der Waals surface area contributed by atoms with Crippen molar-refractivity contribution in [1.82, 2.24) is 19.2 Å². The third-order valence-electron chi connectivity index (χ3n) is 5.41. The molecule has 0 amide bonds. The minimum Gasteiger partial charge on any atom is -0.378 e. The van der Waals surface area contributed by atoms with E-state index in [1.54, 1.807) is 0 Å². The lowest BCUT2D eigenvalue weighted by Gasteiger charge is -2.29. The molecule has 0 radical (unpaired) electrons. The smallest absolute Gasteiger partial charge is 0.199 e. The summed E-state index contributed by atoms with van der Waals surface area (Å²) >= 11 is 5.71. The van der Waals surface area contributed by atoms with Crippen molar-refractivity contribution in [2.24, 2.45) is 0 Å². The molecular weight excluding hydrogens is 394 g/mol. The van der Waals surface area contributed by atoms with Crippen molar-refractivity contribution in [2.45, 2.75) is 26.7 Å². The SMILES string of the molecule is CCn1c(-c2ccccc2)nn(CN(C)Cc2ccc(N3CCOCC3)cc2)c1=S. The van der Waals surface area contributed by atoms with E-state index in [0.717, 1.165) is 55.6 Å². The van der Waals surface area contributed by atoms with E-state index in [2.05, 4.69) is 64.7 Å². The number of anilines is 1. The van der Waals surface area contributed by atoms with Crippen molar-refractivity contribution < 1.29 is 4.74 Å². The first-order valence-corrected chi connectivity index (χ1v) is 10.9. The van der Waals surface area contributed by atoms with Gasteiger partial charge in [-0.25, -0.2) is 4.68 Å². The van der Waals surface area contributed by atoms with Crippen LogP contribution in [0.2, 0.25) is 0 Å². The Hall–Kier alpha value is -2.48. The molecule has 4 rings (SSSR count). The molecule has 0 N–H and O–H groups in total. The summed E-state index contributed by atoms with van der Waals surface area (Å²) in [6.07, 6.45) is 0. The van der Waals surface area contributed by atoms with Gasteiger partial charge in [0, 0.05) is 37.4 Å². The van der Waals surface area contributed by atoms with Crippen LogP contribution in [0.25, 0.3) is 11.4 Å². The van der Waals surface area contributed by atoms with Gasteiger partial charge in [-0.05, 0) is 43.9 Å². The van der Waals surface area contributed by atoms with E-state index in [4.69, 9.17) is 22.1 Å². The van der Waals surface area contributed by atoms with Crippen LogP contribution >= 0.6 is 12.2 Å². The molecule has 1 fully saturated rings. The first kappa shape index (κ1) is 20.8. The minimum absolute atomic E-state index is 0.650. The largest absolute Gasteiger partial charge is 0.378 e. The number of morpholine rings is 1. The quantitative estimate of drug-likeness (QED) is 0.537. The van der Waals surface area contributed by atoms with Gasteiger partial charge in [0.05, 0.1) is 19.9 Å². The lowest BCUT2D eigenvalue weighted by Crippen LogP contribution is -2.36. The van der Waals surface area contributed by atoms with Crippen molar-refractivity contribution >= 4 is 17.9 Å². The van der Waals surface area contributed by atoms with Crippen molar-refractivity contribution in [3.05, 3.63) is 64.9 Å². The van der Waals surface area contributed by atoms with E-state index in [0.29, 0.717) is 6.67 Å². The molecule has 1 aliphatic heterocycles. The molecule has 0 unspecified atom stereocenters. The van der Waals surface area contributed by atoms with Gasteiger partial charge >= 0.3 is 0 Å². The molecule has 7 heteroatoms. The zero-order valence-electron chi connectivity index (χ0n) is 17.7. The van der Waals surface area contributed by atoms with Gasteiger partial charge in [0.25, 0.3) is 0 Å². The topological polar surface area (TPSA) is 38.5 Å². The normalized spacial score (nSPS) is 14.4. The Kier molecular flexibility index (Phi) is 6.62. The summed E-state index contributed by atoms with van der Waals surface area (Å²) in [6.45, 7) is 7.93. The highest BCUT2D eigenvalue weighted by atomic mass is 32.1. The molecule has 3 aromatic rings. The van der Waals surface area contributed by atoms with Crippen molar-refractivity contribution in [1.29, 1.82) is 0 Å². The van der Waals surface area contributed by atoms with Gasteiger partial charge in [0.2, 0.25) is 0 Å². The minimum atomic E-state index is 0.650. The molecule has 0 aliphatic carbocycles. The zero-order chi connectivity index (χ0) is 20.9. The van der Waals surface area contributed by atoms with Crippen LogP contribution in [0.4, 0.5) is 5.69 Å². The molecule has 2 aromatic carbocycles. The number of hydrogen-bond acceptors (Lipinski definition) is 5. The van der Waals surface area contributed by atoms with E-state index < -0.39 is 0 Å². The fraction of sp³-hybridized carbons (Fsp3) is 0.391. The molecule has 0 saturated carbocycles. The lowest BCUT2D eigenvalue weighted by molar-refractivity contribution is 0.122. The standard InChI is InChI=1S/C23H29N5OS/c1-3-27-22(20-7-5-4-6-8-20)24-28(23(27)30)18-25(2)17-19-9-11-21(12-10-19)26-13-15-29-16-14-26/h4-12H,3,13-18H2,1-2H3. The predicted molar refractivity (Wildman–Crippen MR) is 123 cm³/mol. The Labute approximate surface area is 183 Å². The fourth-order valence-corrected chi connectivity index (χ4v) is 4.16. The van der Waals surface area contributed by atoms with Crippen molar-refractivity contribution in [3.8, 4) is 11.4 Å². The molecule has 0 atom stereocenters. The summed E-state index contributed by atoms with van der Waals surface area (Å²) in [6, 6.07) is 19.1. The Morgan fingerprint density at radius 3 is 2.40 bits per heavy atom. The average molecular weight is 424 g/mol. The molecule has 2 heterocycles. The van der Waals surface area contributed by atoms with Crippen molar-refractivity contribution in [3.63, 3.8) is 0 Å². The highest BCUT2D eigenvalue weighted by Gasteiger charge is 2.14. The first-order valence-electron chi connectivity index (χ1n) is 10.5. The molecule has 158 valence electrons. The lowest BCUT2D eigenvalue weighted by atomic mass is 10.2. The molecule has 0 bridgehead atoms. The average Bonchev–Trinajstić information content (AvgIpc) is 3.10. The van der Waals surface area contributed by atoms with Gasteiger partial charge in [-0.15, -0.1) is 0 Å². The summed E-state index contributed by atoms with van der Waals surface area (Å²) in [7, 11) is 2.10. The van der Waals surface area contributed by atoms with Crippen LogP contribution < -0.4 is 4.90 Å². The van der Waals surface area contributed by atoms with Gasteiger partial charge < -0.3 is 14.2 Å². The number of rotatable bonds is 7. The molecule has 0 spiro atoms. The second kappa shape index (κ2) is 9.55. The van der Waals surface area contributed by atoms with Crippen LogP contribution in [0.15, 0.2) is 54.6 Å². The molecule has 1 saturated heterocycles. The van der Waals surface area contributed by atoms with Gasteiger partial charge in [-0.3, -0.25) is 4.90 Å². The Morgan fingerprint density at radius 2 is 1.73 bits per heavy atom. The third-order valence-corrected chi connectivity index (χ3v) is 5.84. The van der Waals surface area contributed by atoms with E-state index in [1.165, 1.54) is 11.3 Å². The maximum Gasteiger partial charge on any atom is 0.199 e. The molecule has 1 aliphatic rings. The van der Waals surface area contributed by atoms with E-state index in [1.807, 2.05) is 22.9 Å². The molecule has 6 nitrogen and oxygen atoms in total. The highest BCUT2D eigenvalue weighted by Crippen LogP contribution is 2.19. The summed E-state index contributed by atoms with van der Waals surface area (Å²) in [4.78, 5) is 4.61. The number of benzene rings is 2. The van der Waals surface area contributed by atoms with Gasteiger partial charge in [0.15, 0.2) is 10.6 Å². The monoisotopic (exact) mass is 423 g/mol. The maximum absolute atomic E-state index is 5.71. The van der Waals surface area contributed by atoms with E-state index >= 15 is 0 Å². The Balaban J connectivity index is 1.44. The third kappa shape index (κ3) is 4.64. The van der Waals surface area contributed by atoms with Crippen LogP contribution in [-0.2, 0) is 24.5 Å². The number of aromatic nitrogens is 3. The summed E-state index contributed by atoms with van der Waals surface area (Å²) in [5, 5.41) is 4.82. The Bertz CT molecular complexity index is 1010. The van der Waals surface area contributed by atoms with Gasteiger partial charge in [-0.2, -0.15) is 5.10 Å². The van der Waals surface area contributed by atoms with Gasteiger partial charge in [0.1, 0.15) is 0 Å². The predicted octanol–water partition coefficient (Wildman–Crippen LogP) is 4.03. The van der Waals surface area contributed by atoms with Gasteiger partial charge in [-0.1, -0.05) is 42.5 Å². The fourth-order valence-electron chi connectivity index (χ4n) is 3.84. The number of hydrogen-bond donors (Lipinski definition) is 0.